The number of carbonyl (C=O) groups excluding carboxylic acids is 1. The minimum atomic E-state index is -3.93. The van der Waals surface area contributed by atoms with Gasteiger partial charge in [0.1, 0.15) is 0 Å². The lowest BCUT2D eigenvalue weighted by Crippen LogP contribution is -2.43. The highest BCUT2D eigenvalue weighted by Crippen LogP contribution is 2.32. The molecule has 1 amide bonds. The van der Waals surface area contributed by atoms with E-state index < -0.39 is 40.6 Å². The highest BCUT2D eigenvalue weighted by molar-refractivity contribution is 7.89. The van der Waals surface area contributed by atoms with Gasteiger partial charge in [-0.15, -0.1) is 0 Å². The summed E-state index contributed by atoms with van der Waals surface area (Å²) in [7, 11) is -3.93. The standard InChI is InChI=1S/C26H27ClN2O6S/c1-2-24(19-6-4-3-5-7-19)29(36(34,35)22-14-12-21(27)13-15-22)16-18-8-10-20(11-9-18)25(31)28-23(17-30)26(32)33/h3-15,23-24,30H,2,16-17H2,1H3,(H,28,31)(H,32,33)/t23-,24?/m0/s1. The summed E-state index contributed by atoms with van der Waals surface area (Å²) in [6.07, 6.45) is 0.523. The van der Waals surface area contributed by atoms with Crippen molar-refractivity contribution in [3.8, 4) is 0 Å². The number of benzene rings is 3. The number of rotatable bonds is 11. The van der Waals surface area contributed by atoms with Gasteiger partial charge in [-0.25, -0.2) is 13.2 Å². The van der Waals surface area contributed by atoms with E-state index in [9.17, 15) is 18.0 Å². The molecule has 3 N–H and O–H groups in total. The second-order valence-corrected chi connectivity index (χ2v) is 10.4. The molecule has 0 saturated carbocycles. The maximum absolute atomic E-state index is 13.8. The third-order valence-corrected chi connectivity index (χ3v) is 7.80. The molecule has 0 fully saturated rings. The van der Waals surface area contributed by atoms with Crippen LogP contribution in [0.1, 0.15) is 40.9 Å². The summed E-state index contributed by atoms with van der Waals surface area (Å²) in [5.74, 6) is -2.01. The summed E-state index contributed by atoms with van der Waals surface area (Å²) in [5.41, 5.74) is 1.66. The largest absolute Gasteiger partial charge is 0.480 e. The topological polar surface area (TPSA) is 124 Å². The molecule has 190 valence electrons. The fourth-order valence-corrected chi connectivity index (χ4v) is 5.56. The first-order valence-corrected chi connectivity index (χ1v) is 13.0. The summed E-state index contributed by atoms with van der Waals surface area (Å²) in [6.45, 7) is 1.21. The van der Waals surface area contributed by atoms with Crippen LogP contribution in [-0.4, -0.2) is 47.5 Å². The summed E-state index contributed by atoms with van der Waals surface area (Å²) in [6, 6.07) is 19.7. The number of hydrogen-bond donors (Lipinski definition) is 3. The third kappa shape index (κ3) is 6.50. The second-order valence-electron chi connectivity index (χ2n) is 8.08. The second kappa shape index (κ2) is 12.1. The van der Waals surface area contributed by atoms with Gasteiger partial charge in [0.2, 0.25) is 10.0 Å². The van der Waals surface area contributed by atoms with Crippen LogP contribution in [-0.2, 0) is 21.4 Å². The van der Waals surface area contributed by atoms with E-state index in [1.807, 2.05) is 37.3 Å². The van der Waals surface area contributed by atoms with E-state index in [-0.39, 0.29) is 17.0 Å². The minimum Gasteiger partial charge on any atom is -0.480 e. The van der Waals surface area contributed by atoms with E-state index in [2.05, 4.69) is 5.32 Å². The summed E-state index contributed by atoms with van der Waals surface area (Å²) >= 11 is 5.97. The molecule has 2 atom stereocenters. The Bertz CT molecular complexity index is 1280. The minimum absolute atomic E-state index is 0.0364. The average Bonchev–Trinajstić information content (AvgIpc) is 2.88. The Kier molecular flexibility index (Phi) is 9.22. The Morgan fingerprint density at radius 3 is 2.11 bits per heavy atom. The fraction of sp³-hybridized carbons (Fsp3) is 0.231. The molecule has 3 aromatic carbocycles. The molecule has 3 aromatic rings. The average molecular weight is 531 g/mol. The van der Waals surface area contributed by atoms with E-state index in [0.29, 0.717) is 17.0 Å². The molecule has 10 heteroatoms. The first-order valence-electron chi connectivity index (χ1n) is 11.2. The number of halogens is 1. The first-order chi connectivity index (χ1) is 17.2. The number of nitrogens with zero attached hydrogens (tertiary/aromatic N) is 1. The van der Waals surface area contributed by atoms with Crippen molar-refractivity contribution in [2.24, 2.45) is 0 Å². The quantitative estimate of drug-likeness (QED) is 0.346. The van der Waals surface area contributed by atoms with Gasteiger partial charge in [0.05, 0.1) is 17.5 Å². The number of aliphatic hydroxyl groups is 1. The highest BCUT2D eigenvalue weighted by atomic mass is 35.5. The zero-order valence-electron chi connectivity index (χ0n) is 19.5. The number of aliphatic hydroxyl groups excluding tert-OH is 1. The van der Waals surface area contributed by atoms with Crippen molar-refractivity contribution in [3.05, 3.63) is 101 Å². The van der Waals surface area contributed by atoms with Gasteiger partial charge in [0, 0.05) is 17.1 Å². The molecule has 1 unspecified atom stereocenters. The molecular weight excluding hydrogens is 504 g/mol. The number of sulfonamides is 1. The molecule has 0 saturated heterocycles. The molecule has 0 aliphatic rings. The van der Waals surface area contributed by atoms with E-state index in [4.69, 9.17) is 21.8 Å². The number of hydrogen-bond acceptors (Lipinski definition) is 5. The van der Waals surface area contributed by atoms with Crippen molar-refractivity contribution in [2.45, 2.75) is 36.9 Å². The van der Waals surface area contributed by atoms with Crippen molar-refractivity contribution in [1.29, 1.82) is 0 Å². The molecule has 0 heterocycles. The Hall–Kier alpha value is -3.24. The molecule has 0 spiro atoms. The van der Waals surface area contributed by atoms with Gasteiger partial charge in [0.15, 0.2) is 6.04 Å². The molecule has 8 nitrogen and oxygen atoms in total. The van der Waals surface area contributed by atoms with Gasteiger partial charge >= 0.3 is 5.97 Å². The van der Waals surface area contributed by atoms with Gasteiger partial charge in [-0.3, -0.25) is 4.79 Å². The number of aliphatic carboxylic acids is 1. The van der Waals surface area contributed by atoms with E-state index >= 15 is 0 Å². The van der Waals surface area contributed by atoms with Crippen LogP contribution in [0.5, 0.6) is 0 Å². The summed E-state index contributed by atoms with van der Waals surface area (Å²) < 4.78 is 28.9. The molecule has 0 bridgehead atoms. The molecule has 36 heavy (non-hydrogen) atoms. The Morgan fingerprint density at radius 1 is 0.972 bits per heavy atom. The molecule has 0 radical (unpaired) electrons. The van der Waals surface area contributed by atoms with Crippen LogP contribution in [0.4, 0.5) is 0 Å². The van der Waals surface area contributed by atoms with Gasteiger partial charge in [-0.05, 0) is 53.9 Å². The lowest BCUT2D eigenvalue weighted by Gasteiger charge is -2.31. The Balaban J connectivity index is 1.94. The van der Waals surface area contributed by atoms with E-state index in [0.717, 1.165) is 5.56 Å². The fourth-order valence-electron chi connectivity index (χ4n) is 3.75. The van der Waals surface area contributed by atoms with Crippen LogP contribution in [0, 0.1) is 0 Å². The zero-order chi connectivity index (χ0) is 26.3. The van der Waals surface area contributed by atoms with Crippen molar-refractivity contribution >= 4 is 33.5 Å². The monoisotopic (exact) mass is 530 g/mol. The first kappa shape index (κ1) is 27.3. The Labute approximate surface area is 215 Å². The summed E-state index contributed by atoms with van der Waals surface area (Å²) in [4.78, 5) is 23.5. The molecule has 0 aliphatic heterocycles. The molecule has 0 aromatic heterocycles. The van der Waals surface area contributed by atoms with Gasteiger partial charge < -0.3 is 15.5 Å². The van der Waals surface area contributed by atoms with Crippen LogP contribution in [0.2, 0.25) is 5.02 Å². The van der Waals surface area contributed by atoms with Crippen LogP contribution in [0.25, 0.3) is 0 Å². The lowest BCUT2D eigenvalue weighted by molar-refractivity contribution is -0.140. The van der Waals surface area contributed by atoms with Gasteiger partial charge in [-0.1, -0.05) is 61.0 Å². The number of carboxylic acids is 1. The van der Waals surface area contributed by atoms with Gasteiger partial charge in [-0.2, -0.15) is 4.31 Å². The number of nitrogens with one attached hydrogen (secondary N) is 1. The predicted octanol–water partition coefficient (Wildman–Crippen LogP) is 3.86. The van der Waals surface area contributed by atoms with E-state index in [1.54, 1.807) is 12.1 Å². The SMILES string of the molecule is CCC(c1ccccc1)N(Cc1ccc(C(=O)N[C@@H](CO)C(=O)O)cc1)S(=O)(=O)c1ccc(Cl)cc1. The maximum atomic E-state index is 13.8. The zero-order valence-corrected chi connectivity index (χ0v) is 21.1. The third-order valence-electron chi connectivity index (χ3n) is 5.68. The summed E-state index contributed by atoms with van der Waals surface area (Å²) in [5, 5.41) is 20.8. The number of carboxylic acid groups (broad SMARTS) is 1. The van der Waals surface area contributed by atoms with Crippen LogP contribution >= 0.6 is 11.6 Å². The number of amides is 1. The van der Waals surface area contributed by atoms with E-state index in [1.165, 1.54) is 40.7 Å². The maximum Gasteiger partial charge on any atom is 0.328 e. The van der Waals surface area contributed by atoms with Crippen LogP contribution < -0.4 is 5.32 Å². The van der Waals surface area contributed by atoms with Gasteiger partial charge in [0.25, 0.3) is 5.91 Å². The molecule has 0 aliphatic carbocycles. The van der Waals surface area contributed by atoms with Crippen molar-refractivity contribution in [3.63, 3.8) is 0 Å². The van der Waals surface area contributed by atoms with Crippen molar-refractivity contribution < 1.29 is 28.2 Å². The van der Waals surface area contributed by atoms with Crippen LogP contribution in [0.3, 0.4) is 0 Å². The lowest BCUT2D eigenvalue weighted by atomic mass is 10.0. The smallest absolute Gasteiger partial charge is 0.328 e. The Morgan fingerprint density at radius 2 is 1.58 bits per heavy atom. The highest BCUT2D eigenvalue weighted by Gasteiger charge is 2.32. The normalized spacial score (nSPS) is 13.2. The number of carbonyl (C=O) groups is 2. The molecule has 3 rings (SSSR count). The van der Waals surface area contributed by atoms with Crippen LogP contribution in [0.15, 0.2) is 83.8 Å². The predicted molar refractivity (Wildman–Crippen MR) is 136 cm³/mol. The van der Waals surface area contributed by atoms with Crippen molar-refractivity contribution in [2.75, 3.05) is 6.61 Å². The molecular formula is C26H27ClN2O6S. The van der Waals surface area contributed by atoms with Crippen molar-refractivity contribution in [1.82, 2.24) is 9.62 Å².